The largest absolute Gasteiger partial charge is 0.462 e. The highest BCUT2D eigenvalue weighted by atomic mass is 32.1. The van der Waals surface area contributed by atoms with Gasteiger partial charge in [-0.15, -0.1) is 22.7 Å². The van der Waals surface area contributed by atoms with E-state index in [4.69, 9.17) is 13.9 Å². The van der Waals surface area contributed by atoms with E-state index in [1.54, 1.807) is 101 Å². The van der Waals surface area contributed by atoms with Crippen molar-refractivity contribution in [3.63, 3.8) is 0 Å². The Hall–Kier alpha value is -9.88. The molecule has 6 aromatic heterocycles. The van der Waals surface area contributed by atoms with E-state index in [1.165, 1.54) is 47.5 Å². The molecule has 1 saturated carbocycles. The normalized spacial score (nSPS) is 15.2. The van der Waals surface area contributed by atoms with Crippen LogP contribution in [0.15, 0.2) is 145 Å². The summed E-state index contributed by atoms with van der Waals surface area (Å²) in [5.41, 5.74) is 2.24. The number of nitrogens with zero attached hydrogens (tertiary/aromatic N) is 10. The third-order valence-corrected chi connectivity index (χ3v) is 20.4. The van der Waals surface area contributed by atoms with Crippen LogP contribution in [0.25, 0.3) is 32.7 Å². The van der Waals surface area contributed by atoms with E-state index in [9.17, 15) is 48.5 Å². The molecule has 3 aromatic carbocycles. The number of carbonyl (C=O) groups excluding carboxylic acids is 5. The van der Waals surface area contributed by atoms with E-state index in [0.717, 1.165) is 38.0 Å². The number of fused-ring (bicyclic) bond motifs is 3. The van der Waals surface area contributed by atoms with E-state index in [0.29, 0.717) is 138 Å². The zero-order valence-electron chi connectivity index (χ0n) is 55.1. The molecule has 0 atom stereocenters. The van der Waals surface area contributed by atoms with Crippen molar-refractivity contribution in [2.75, 3.05) is 106 Å². The fraction of sp³-hybridized carbons (Fsp3) is 0.389. The van der Waals surface area contributed by atoms with Gasteiger partial charge in [-0.05, 0) is 79.4 Å². The van der Waals surface area contributed by atoms with Gasteiger partial charge in [-0.2, -0.15) is 0 Å². The van der Waals surface area contributed by atoms with Crippen molar-refractivity contribution < 1.29 is 42.8 Å². The Morgan fingerprint density at radius 3 is 1.43 bits per heavy atom. The Kier molecular flexibility index (Phi) is 22.1. The second-order valence-corrected chi connectivity index (χ2v) is 26.4. The minimum atomic E-state index is -0.625. The van der Waals surface area contributed by atoms with Crippen LogP contribution in [-0.2, 0) is 52.5 Å². The number of esters is 2. The molecule has 4 aliphatic rings. The van der Waals surface area contributed by atoms with Gasteiger partial charge in [0.2, 0.25) is 11.8 Å². The quantitative estimate of drug-likeness (QED) is 0.0496. The van der Waals surface area contributed by atoms with Crippen molar-refractivity contribution in [2.45, 2.75) is 71.8 Å². The predicted molar refractivity (Wildman–Crippen MR) is 377 cm³/mol. The Bertz CT molecular complexity index is 4500. The highest BCUT2D eigenvalue weighted by molar-refractivity contribution is 7.10. The van der Waals surface area contributed by atoms with Gasteiger partial charge in [0.05, 0.1) is 65.2 Å². The number of benzene rings is 3. The minimum Gasteiger partial charge on any atom is -0.462 e. The van der Waals surface area contributed by atoms with Crippen LogP contribution in [0, 0.1) is 16.0 Å². The second kappa shape index (κ2) is 31.3. The summed E-state index contributed by atoms with van der Waals surface area (Å²) < 4.78 is 20.5. The Morgan fingerprint density at radius 2 is 0.969 bits per heavy atom. The maximum Gasteiger partial charge on any atom is 0.357 e. The zero-order valence-corrected chi connectivity index (χ0v) is 56.7. The number of aryl methyl sites for hydroxylation is 3. The topological polar surface area (TPSA) is 246 Å². The number of ether oxygens (including phenoxy) is 2. The molecule has 0 bridgehead atoms. The molecule has 4 fully saturated rings. The summed E-state index contributed by atoms with van der Waals surface area (Å²) in [4.78, 5) is 128. The number of carbonyl (C=O) groups is 5. The first-order valence-corrected chi connectivity index (χ1v) is 34.9. The molecular formula is C72H80N10O13S2. The zero-order chi connectivity index (χ0) is 68.3. The number of hydrogen-bond donors (Lipinski definition) is 0. The lowest BCUT2D eigenvalue weighted by Crippen LogP contribution is -2.50. The molecule has 0 radical (unpaired) electrons. The van der Waals surface area contributed by atoms with Crippen LogP contribution in [0.1, 0.15) is 93.4 Å². The molecule has 13 rings (SSSR count). The Morgan fingerprint density at radius 1 is 0.526 bits per heavy atom. The first kappa shape index (κ1) is 68.5. The number of amides is 3. The molecule has 3 amide bonds. The van der Waals surface area contributed by atoms with Crippen LogP contribution in [0.3, 0.4) is 0 Å². The lowest BCUT2D eigenvalue weighted by molar-refractivity contribution is -0.385. The standard InChI is InChI=1S/C29H35N3O5.C23H25N3O4S.C20H20N4O4S/c1-2-36-29(35)25-26(30-16-18-31(19-17-30)27(33)24-13-8-20-37-24)22-11-6-7-12-23(22)32(28(25)34)15-14-21-9-4-3-5-10-21;1-3-30-23(29)20-21(17-8-4-5-9-18(17)24(2)22(20)28)26-12-10-25(11-13-26)19(27)15-16-7-6-14-31-16;1-21-16-7-3-2-6-15(16)18(19(20(21)26)24(27)28)23-10-8-22(9-11-23)17(25)13-14-5-4-12-29-14/h6-8,11-13,20-21H,2-5,9-10,14-19H2,1H3;4-9,14H,3,10-13,15H2,1-2H3;2-7,12H,8-11,13H2,1H3. The molecule has 1 aliphatic carbocycles. The van der Waals surface area contributed by atoms with Gasteiger partial charge in [-0.25, -0.2) is 9.59 Å². The average Bonchev–Trinajstić information content (AvgIpc) is 1.12. The van der Waals surface area contributed by atoms with E-state index in [2.05, 4.69) is 0 Å². The van der Waals surface area contributed by atoms with Gasteiger partial charge in [0, 0.05) is 125 Å². The predicted octanol–water partition coefficient (Wildman–Crippen LogP) is 9.77. The van der Waals surface area contributed by atoms with Crippen molar-refractivity contribution in [3.05, 3.63) is 194 Å². The Balaban J connectivity index is 0.000000149. The number of aromatic nitrogens is 3. The fourth-order valence-electron chi connectivity index (χ4n) is 13.7. The highest BCUT2D eigenvalue weighted by Crippen LogP contribution is 2.36. The lowest BCUT2D eigenvalue weighted by atomic mass is 9.87. The summed E-state index contributed by atoms with van der Waals surface area (Å²) in [6.07, 6.45) is 9.40. The summed E-state index contributed by atoms with van der Waals surface area (Å²) in [6, 6.07) is 33.7. The second-order valence-electron chi connectivity index (χ2n) is 24.4. The summed E-state index contributed by atoms with van der Waals surface area (Å²) in [5, 5.41) is 18.0. The molecule has 97 heavy (non-hydrogen) atoms. The number of rotatable bonds is 16. The number of para-hydroxylation sites is 3. The first-order chi connectivity index (χ1) is 47.1. The van der Waals surface area contributed by atoms with Crippen molar-refractivity contribution in [3.8, 4) is 0 Å². The van der Waals surface area contributed by atoms with Crippen molar-refractivity contribution in [2.24, 2.45) is 20.0 Å². The van der Waals surface area contributed by atoms with E-state index >= 15 is 0 Å². The SMILES string of the molecule is CCOC(=O)c1c(N2CCN(C(=O)Cc3cccs3)CC2)c2ccccc2n(C)c1=O.CCOC(=O)c1c(N2CCN(C(=O)c3ccco3)CC2)c2ccccc2n(CCC2CCCCC2)c1=O.Cn1c(=O)c([N+](=O)[O-])c(N2CCN(C(=O)Cc3cccs3)CC2)c2ccccc21. The molecule has 0 spiro atoms. The smallest absolute Gasteiger partial charge is 0.357 e. The number of pyridine rings is 3. The van der Waals surface area contributed by atoms with Crippen LogP contribution in [0.4, 0.5) is 22.7 Å². The molecule has 25 heteroatoms. The number of nitro groups is 1. The summed E-state index contributed by atoms with van der Waals surface area (Å²) >= 11 is 3.13. The van der Waals surface area contributed by atoms with Crippen LogP contribution in [0.2, 0.25) is 0 Å². The summed E-state index contributed by atoms with van der Waals surface area (Å²) in [5.74, 6) is -0.277. The van der Waals surface area contributed by atoms with Crippen LogP contribution in [-0.4, -0.2) is 155 Å². The summed E-state index contributed by atoms with van der Waals surface area (Å²) in [6.45, 7) is 10.3. The van der Waals surface area contributed by atoms with Gasteiger partial charge in [0.1, 0.15) is 16.8 Å². The van der Waals surface area contributed by atoms with Gasteiger partial charge < -0.3 is 57.0 Å². The first-order valence-electron chi connectivity index (χ1n) is 33.1. The third kappa shape index (κ3) is 15.1. The van der Waals surface area contributed by atoms with Gasteiger partial charge in [-0.3, -0.25) is 38.9 Å². The minimum absolute atomic E-state index is 0.0513. The molecule has 0 N–H and O–H groups in total. The van der Waals surface area contributed by atoms with Crippen molar-refractivity contribution >= 4 is 108 Å². The van der Waals surface area contributed by atoms with Crippen molar-refractivity contribution in [1.82, 2.24) is 28.4 Å². The van der Waals surface area contributed by atoms with Crippen LogP contribution in [0.5, 0.6) is 0 Å². The highest BCUT2D eigenvalue weighted by Gasteiger charge is 2.35. The Labute approximate surface area is 568 Å². The monoisotopic (exact) mass is 1360 g/mol. The number of piperazine rings is 3. The third-order valence-electron chi connectivity index (χ3n) is 18.6. The van der Waals surface area contributed by atoms with Gasteiger partial charge >= 0.3 is 23.2 Å². The number of anilines is 3. The van der Waals surface area contributed by atoms with E-state index < -0.39 is 28.1 Å². The average molecular weight is 1360 g/mol. The van der Waals surface area contributed by atoms with Crippen molar-refractivity contribution in [1.29, 1.82) is 0 Å². The number of hydrogen-bond acceptors (Lipinski definition) is 18. The molecule has 3 saturated heterocycles. The molecular weight excluding hydrogens is 1280 g/mol. The fourth-order valence-corrected chi connectivity index (χ4v) is 15.0. The maximum atomic E-state index is 13.9. The van der Waals surface area contributed by atoms with Gasteiger partial charge in [0.25, 0.3) is 17.0 Å². The molecule has 3 aliphatic heterocycles. The van der Waals surface area contributed by atoms with Crippen LogP contribution < -0.4 is 31.4 Å². The number of thiophene rings is 2. The summed E-state index contributed by atoms with van der Waals surface area (Å²) in [7, 11) is 3.21. The molecule has 0 unspecified atom stereocenters. The number of furan rings is 1. The van der Waals surface area contributed by atoms with Gasteiger partial charge in [0.15, 0.2) is 5.76 Å². The molecule has 9 aromatic rings. The lowest BCUT2D eigenvalue weighted by Gasteiger charge is -2.37. The maximum absolute atomic E-state index is 13.9. The van der Waals surface area contributed by atoms with E-state index in [1.807, 2.05) is 103 Å². The molecule has 508 valence electrons. The van der Waals surface area contributed by atoms with Gasteiger partial charge in [-0.1, -0.05) is 98.8 Å². The van der Waals surface area contributed by atoms with E-state index in [-0.39, 0.29) is 53.2 Å². The molecule has 23 nitrogen and oxygen atoms in total. The molecule has 9 heterocycles. The van der Waals surface area contributed by atoms with Crippen LogP contribution >= 0.6 is 22.7 Å².